The van der Waals surface area contributed by atoms with Crippen molar-refractivity contribution in [2.24, 2.45) is 0 Å². The molecule has 0 spiro atoms. The fraction of sp³-hybridized carbons (Fsp3) is 0.440. The van der Waals surface area contributed by atoms with Crippen molar-refractivity contribution in [2.75, 3.05) is 13.2 Å². The van der Waals surface area contributed by atoms with Crippen LogP contribution in [0.3, 0.4) is 0 Å². The molecular formula is C25H33BrN2O3. The number of hydrogen-bond donors (Lipinski definition) is 1. The van der Waals surface area contributed by atoms with Gasteiger partial charge in [-0.15, -0.1) is 0 Å². The number of halogens is 1. The Bertz CT molecular complexity index is 881. The number of aryl methyl sites for hydroxylation is 1. The Labute approximate surface area is 194 Å². The Hall–Kier alpha value is -2.34. The average Bonchev–Trinajstić information content (AvgIpc) is 2.74. The molecule has 0 aromatic heterocycles. The molecule has 0 aliphatic carbocycles. The molecule has 2 rings (SSSR count). The molecule has 1 atom stereocenters. The molecule has 0 saturated heterocycles. The molecule has 31 heavy (non-hydrogen) atoms. The predicted octanol–water partition coefficient (Wildman–Crippen LogP) is 5.20. The summed E-state index contributed by atoms with van der Waals surface area (Å²) in [5.41, 5.74) is 3.31. The molecule has 0 heterocycles. The SMILES string of the molecule is CCNC(=O)C(CC)N(Cc1ccc(C)cc1)C(=O)COc1ccc(C(C)C)cc1Br. The van der Waals surface area contributed by atoms with E-state index in [0.29, 0.717) is 31.2 Å². The smallest absolute Gasteiger partial charge is 0.261 e. The minimum absolute atomic E-state index is 0.138. The first-order valence-electron chi connectivity index (χ1n) is 10.8. The van der Waals surface area contributed by atoms with E-state index in [1.54, 1.807) is 4.90 Å². The van der Waals surface area contributed by atoms with Gasteiger partial charge in [-0.05, 0) is 65.4 Å². The molecule has 2 aromatic rings. The summed E-state index contributed by atoms with van der Waals surface area (Å²) in [4.78, 5) is 27.4. The van der Waals surface area contributed by atoms with E-state index in [-0.39, 0.29) is 18.4 Å². The first-order chi connectivity index (χ1) is 14.8. The fourth-order valence-corrected chi connectivity index (χ4v) is 3.83. The van der Waals surface area contributed by atoms with Crippen LogP contribution in [0.2, 0.25) is 0 Å². The van der Waals surface area contributed by atoms with Crippen LogP contribution in [0.4, 0.5) is 0 Å². The van der Waals surface area contributed by atoms with Crippen molar-refractivity contribution in [1.29, 1.82) is 0 Å². The predicted molar refractivity (Wildman–Crippen MR) is 128 cm³/mol. The number of rotatable bonds is 10. The van der Waals surface area contributed by atoms with Gasteiger partial charge in [-0.3, -0.25) is 9.59 Å². The van der Waals surface area contributed by atoms with Gasteiger partial charge in [0.2, 0.25) is 5.91 Å². The molecule has 1 N–H and O–H groups in total. The Morgan fingerprint density at radius 2 is 1.77 bits per heavy atom. The van der Waals surface area contributed by atoms with Gasteiger partial charge in [0.15, 0.2) is 6.61 Å². The molecule has 0 saturated carbocycles. The highest BCUT2D eigenvalue weighted by molar-refractivity contribution is 9.10. The fourth-order valence-electron chi connectivity index (χ4n) is 3.32. The van der Waals surface area contributed by atoms with Crippen molar-refractivity contribution in [3.63, 3.8) is 0 Å². The van der Waals surface area contributed by atoms with Crippen molar-refractivity contribution in [2.45, 2.75) is 59.5 Å². The quantitative estimate of drug-likeness (QED) is 0.499. The molecule has 2 amide bonds. The van der Waals surface area contributed by atoms with Crippen molar-refractivity contribution in [3.05, 3.63) is 63.6 Å². The molecule has 0 fully saturated rings. The maximum atomic E-state index is 13.2. The summed E-state index contributed by atoms with van der Waals surface area (Å²) in [5, 5.41) is 2.85. The number of nitrogens with zero attached hydrogens (tertiary/aromatic N) is 1. The standard InChI is InChI=1S/C25H33BrN2O3/c1-6-22(25(30)27-7-2)28(15-19-10-8-18(5)9-11-19)24(29)16-31-23-13-12-20(17(3)4)14-21(23)26/h8-14,17,22H,6-7,15-16H2,1-5H3,(H,27,30). The van der Waals surface area contributed by atoms with Crippen LogP contribution >= 0.6 is 15.9 Å². The maximum absolute atomic E-state index is 13.2. The molecule has 5 nitrogen and oxygen atoms in total. The zero-order valence-electron chi connectivity index (χ0n) is 19.1. The highest BCUT2D eigenvalue weighted by atomic mass is 79.9. The minimum atomic E-state index is -0.552. The van der Waals surface area contributed by atoms with Crippen LogP contribution in [0.1, 0.15) is 56.7 Å². The lowest BCUT2D eigenvalue weighted by molar-refractivity contribution is -0.142. The van der Waals surface area contributed by atoms with Crippen molar-refractivity contribution < 1.29 is 14.3 Å². The molecule has 1 unspecified atom stereocenters. The van der Waals surface area contributed by atoms with Gasteiger partial charge < -0.3 is 15.0 Å². The van der Waals surface area contributed by atoms with Crippen LogP contribution in [0.15, 0.2) is 46.9 Å². The number of carbonyl (C=O) groups is 2. The number of hydrogen-bond acceptors (Lipinski definition) is 3. The highest BCUT2D eigenvalue weighted by Crippen LogP contribution is 2.29. The maximum Gasteiger partial charge on any atom is 0.261 e. The van der Waals surface area contributed by atoms with E-state index in [9.17, 15) is 9.59 Å². The van der Waals surface area contributed by atoms with E-state index >= 15 is 0 Å². The first kappa shape index (κ1) is 24.9. The summed E-state index contributed by atoms with van der Waals surface area (Å²) in [6, 6.07) is 13.3. The number of nitrogens with one attached hydrogen (secondary N) is 1. The van der Waals surface area contributed by atoms with Crippen LogP contribution in [0, 0.1) is 6.92 Å². The van der Waals surface area contributed by atoms with E-state index in [4.69, 9.17) is 4.74 Å². The van der Waals surface area contributed by atoms with Gasteiger partial charge in [-0.2, -0.15) is 0 Å². The van der Waals surface area contributed by atoms with Gasteiger partial charge in [0.05, 0.1) is 4.47 Å². The second-order valence-electron chi connectivity index (χ2n) is 7.96. The molecule has 0 aliphatic rings. The summed E-state index contributed by atoms with van der Waals surface area (Å²) in [5.74, 6) is 0.643. The summed E-state index contributed by atoms with van der Waals surface area (Å²) >= 11 is 3.54. The lowest BCUT2D eigenvalue weighted by Crippen LogP contribution is -2.50. The molecule has 168 valence electrons. The summed E-state index contributed by atoms with van der Waals surface area (Å²) in [6.07, 6.45) is 0.524. The third-order valence-electron chi connectivity index (χ3n) is 5.18. The summed E-state index contributed by atoms with van der Waals surface area (Å²) < 4.78 is 6.65. The molecule has 0 radical (unpaired) electrons. The Balaban J connectivity index is 2.20. The summed E-state index contributed by atoms with van der Waals surface area (Å²) in [6.45, 7) is 10.8. The largest absolute Gasteiger partial charge is 0.483 e. The van der Waals surface area contributed by atoms with Crippen molar-refractivity contribution >= 4 is 27.7 Å². The normalized spacial score (nSPS) is 11.8. The Kier molecular flexibility index (Phi) is 9.56. The molecule has 6 heteroatoms. The highest BCUT2D eigenvalue weighted by Gasteiger charge is 2.28. The topological polar surface area (TPSA) is 58.6 Å². The molecule has 0 bridgehead atoms. The van der Waals surface area contributed by atoms with Crippen molar-refractivity contribution in [3.8, 4) is 5.75 Å². The van der Waals surface area contributed by atoms with Gasteiger partial charge in [0.1, 0.15) is 11.8 Å². The molecule has 2 aromatic carbocycles. The van der Waals surface area contributed by atoms with Crippen LogP contribution in [-0.4, -0.2) is 35.9 Å². The number of benzene rings is 2. The molecule has 0 aliphatic heterocycles. The van der Waals surface area contributed by atoms with Gasteiger partial charge in [-0.25, -0.2) is 0 Å². The lowest BCUT2D eigenvalue weighted by Gasteiger charge is -2.30. The third-order valence-corrected chi connectivity index (χ3v) is 5.80. The lowest BCUT2D eigenvalue weighted by atomic mass is 10.0. The summed E-state index contributed by atoms with van der Waals surface area (Å²) in [7, 11) is 0. The third kappa shape index (κ3) is 7.10. The van der Waals surface area contributed by atoms with E-state index in [2.05, 4.69) is 35.1 Å². The Morgan fingerprint density at radius 1 is 1.10 bits per heavy atom. The zero-order chi connectivity index (χ0) is 23.0. The molecular weight excluding hydrogens is 456 g/mol. The zero-order valence-corrected chi connectivity index (χ0v) is 20.7. The van der Waals surface area contributed by atoms with Crippen LogP contribution < -0.4 is 10.1 Å². The van der Waals surface area contributed by atoms with Crippen molar-refractivity contribution in [1.82, 2.24) is 10.2 Å². The van der Waals surface area contributed by atoms with E-state index < -0.39 is 6.04 Å². The number of likely N-dealkylation sites (N-methyl/N-ethyl adjacent to an activating group) is 1. The van der Waals surface area contributed by atoms with E-state index in [0.717, 1.165) is 15.6 Å². The van der Waals surface area contributed by atoms with Gasteiger partial charge >= 0.3 is 0 Å². The Morgan fingerprint density at radius 3 is 2.32 bits per heavy atom. The van der Waals surface area contributed by atoms with Gasteiger partial charge in [-0.1, -0.05) is 56.7 Å². The van der Waals surface area contributed by atoms with E-state index in [1.807, 2.05) is 63.2 Å². The van der Waals surface area contributed by atoms with Gasteiger partial charge in [0, 0.05) is 13.1 Å². The first-order valence-corrected chi connectivity index (χ1v) is 11.6. The minimum Gasteiger partial charge on any atom is -0.483 e. The second-order valence-corrected chi connectivity index (χ2v) is 8.81. The second kappa shape index (κ2) is 11.9. The van der Waals surface area contributed by atoms with Crippen LogP contribution in [0.25, 0.3) is 0 Å². The monoisotopic (exact) mass is 488 g/mol. The van der Waals surface area contributed by atoms with E-state index in [1.165, 1.54) is 5.56 Å². The van der Waals surface area contributed by atoms with Crippen LogP contribution in [0.5, 0.6) is 5.75 Å². The van der Waals surface area contributed by atoms with Gasteiger partial charge in [0.25, 0.3) is 5.91 Å². The average molecular weight is 489 g/mol. The number of ether oxygens (including phenoxy) is 1. The number of carbonyl (C=O) groups excluding carboxylic acids is 2. The number of amides is 2. The van der Waals surface area contributed by atoms with Crippen LogP contribution in [-0.2, 0) is 16.1 Å².